The largest absolute Gasteiger partial charge is 0.472 e. The number of hydrogen-bond donors (Lipinski definition) is 1. The molecule has 2 nitrogen and oxygen atoms in total. The maximum Gasteiger partial charge on any atom is 0.0943 e. The standard InChI is InChI=1S/C12H13NOS/c1-9-3-2-4-11(12(9)13)15-8-10-5-6-14-7-10/h2-7H,8,13H2,1H3. The summed E-state index contributed by atoms with van der Waals surface area (Å²) in [4.78, 5) is 1.14. The number of nitrogen functional groups attached to an aromatic ring is 1. The molecule has 0 aliphatic rings. The van der Waals surface area contributed by atoms with Crippen molar-refractivity contribution in [2.45, 2.75) is 17.6 Å². The van der Waals surface area contributed by atoms with Gasteiger partial charge in [-0.15, -0.1) is 11.8 Å². The molecule has 1 aromatic carbocycles. The molecule has 3 heteroatoms. The first-order chi connectivity index (χ1) is 7.27. The summed E-state index contributed by atoms with van der Waals surface area (Å²) in [6.45, 7) is 2.03. The predicted molar refractivity (Wildman–Crippen MR) is 63.9 cm³/mol. The van der Waals surface area contributed by atoms with Crippen molar-refractivity contribution < 1.29 is 4.42 Å². The Hall–Kier alpha value is -1.35. The first-order valence-corrected chi connectivity index (χ1v) is 5.75. The first-order valence-electron chi connectivity index (χ1n) is 4.76. The third-order valence-electron chi connectivity index (χ3n) is 2.26. The van der Waals surface area contributed by atoms with Crippen molar-refractivity contribution in [3.05, 3.63) is 47.9 Å². The Bertz CT molecular complexity index is 437. The second-order valence-corrected chi connectivity index (χ2v) is 4.42. The number of aryl methyl sites for hydroxylation is 1. The van der Waals surface area contributed by atoms with E-state index in [2.05, 4.69) is 0 Å². The molecule has 0 fully saturated rings. The fourth-order valence-corrected chi connectivity index (χ4v) is 2.29. The molecule has 0 bridgehead atoms. The summed E-state index contributed by atoms with van der Waals surface area (Å²) in [7, 11) is 0. The molecule has 0 unspecified atom stereocenters. The van der Waals surface area contributed by atoms with Crippen molar-refractivity contribution in [3.63, 3.8) is 0 Å². The van der Waals surface area contributed by atoms with Crippen LogP contribution in [0.4, 0.5) is 5.69 Å². The average Bonchev–Trinajstić information content (AvgIpc) is 2.73. The number of furan rings is 1. The predicted octanol–water partition coefficient (Wildman–Crippen LogP) is 3.46. The van der Waals surface area contributed by atoms with E-state index >= 15 is 0 Å². The minimum absolute atomic E-state index is 0.881. The second-order valence-electron chi connectivity index (χ2n) is 3.41. The molecule has 0 spiro atoms. The molecule has 0 aliphatic carbocycles. The van der Waals surface area contributed by atoms with Gasteiger partial charge in [-0.3, -0.25) is 0 Å². The topological polar surface area (TPSA) is 39.2 Å². The third-order valence-corrected chi connectivity index (χ3v) is 3.40. The summed E-state index contributed by atoms with van der Waals surface area (Å²) in [5, 5.41) is 0. The highest BCUT2D eigenvalue weighted by molar-refractivity contribution is 7.98. The van der Waals surface area contributed by atoms with Gasteiger partial charge in [0.25, 0.3) is 0 Å². The fourth-order valence-electron chi connectivity index (χ4n) is 1.32. The van der Waals surface area contributed by atoms with Gasteiger partial charge in [0.2, 0.25) is 0 Å². The minimum Gasteiger partial charge on any atom is -0.472 e. The molecule has 1 aromatic heterocycles. The fraction of sp³-hybridized carbons (Fsp3) is 0.167. The van der Waals surface area contributed by atoms with Crippen molar-refractivity contribution >= 4 is 17.4 Å². The van der Waals surface area contributed by atoms with E-state index in [9.17, 15) is 0 Å². The highest BCUT2D eigenvalue weighted by Gasteiger charge is 2.03. The van der Waals surface area contributed by atoms with Crippen LogP contribution in [-0.4, -0.2) is 0 Å². The van der Waals surface area contributed by atoms with E-state index in [1.807, 2.05) is 31.2 Å². The zero-order valence-corrected chi connectivity index (χ0v) is 9.38. The van der Waals surface area contributed by atoms with E-state index in [4.69, 9.17) is 10.2 Å². The monoisotopic (exact) mass is 219 g/mol. The van der Waals surface area contributed by atoms with Crippen molar-refractivity contribution in [1.29, 1.82) is 0 Å². The summed E-state index contributed by atoms with van der Waals surface area (Å²) in [6.07, 6.45) is 3.45. The van der Waals surface area contributed by atoms with Gasteiger partial charge >= 0.3 is 0 Å². The molecule has 2 aromatic rings. The van der Waals surface area contributed by atoms with Crippen LogP contribution in [0.15, 0.2) is 46.1 Å². The SMILES string of the molecule is Cc1cccc(SCc2ccoc2)c1N. The Morgan fingerprint density at radius 3 is 2.93 bits per heavy atom. The summed E-state index contributed by atoms with van der Waals surface area (Å²) >= 11 is 1.73. The maximum atomic E-state index is 5.98. The Morgan fingerprint density at radius 2 is 2.20 bits per heavy atom. The molecule has 1 heterocycles. The molecule has 0 atom stereocenters. The van der Waals surface area contributed by atoms with Gasteiger partial charge in [-0.2, -0.15) is 0 Å². The van der Waals surface area contributed by atoms with Crippen LogP contribution < -0.4 is 5.73 Å². The zero-order valence-electron chi connectivity index (χ0n) is 8.57. The lowest BCUT2D eigenvalue weighted by molar-refractivity contribution is 0.565. The van der Waals surface area contributed by atoms with Crippen LogP contribution in [0.5, 0.6) is 0 Å². The van der Waals surface area contributed by atoms with E-state index in [1.165, 1.54) is 5.56 Å². The summed E-state index contributed by atoms with van der Waals surface area (Å²) in [5.41, 5.74) is 9.17. The highest BCUT2D eigenvalue weighted by atomic mass is 32.2. The van der Waals surface area contributed by atoms with E-state index in [0.717, 1.165) is 21.9 Å². The van der Waals surface area contributed by atoms with Gasteiger partial charge in [-0.25, -0.2) is 0 Å². The number of nitrogens with two attached hydrogens (primary N) is 1. The lowest BCUT2D eigenvalue weighted by Gasteiger charge is -2.06. The summed E-state index contributed by atoms with van der Waals surface area (Å²) in [6, 6.07) is 8.08. The van der Waals surface area contributed by atoms with Crippen molar-refractivity contribution in [2.24, 2.45) is 0 Å². The van der Waals surface area contributed by atoms with E-state index in [1.54, 1.807) is 24.3 Å². The van der Waals surface area contributed by atoms with Gasteiger partial charge in [0.1, 0.15) is 0 Å². The minimum atomic E-state index is 0.881. The molecule has 0 saturated heterocycles. The molecule has 15 heavy (non-hydrogen) atoms. The zero-order chi connectivity index (χ0) is 10.7. The van der Waals surface area contributed by atoms with Gasteiger partial charge in [0.15, 0.2) is 0 Å². The Labute approximate surface area is 93.5 Å². The number of benzene rings is 1. The van der Waals surface area contributed by atoms with Crippen LogP contribution in [0.3, 0.4) is 0 Å². The molecule has 78 valence electrons. The van der Waals surface area contributed by atoms with Gasteiger partial charge in [0, 0.05) is 21.9 Å². The highest BCUT2D eigenvalue weighted by Crippen LogP contribution is 2.29. The lowest BCUT2D eigenvalue weighted by atomic mass is 10.2. The molecule has 2 N–H and O–H groups in total. The molecular weight excluding hydrogens is 206 g/mol. The number of rotatable bonds is 3. The molecule has 0 saturated carbocycles. The van der Waals surface area contributed by atoms with Crippen LogP contribution in [0.1, 0.15) is 11.1 Å². The van der Waals surface area contributed by atoms with Gasteiger partial charge in [-0.05, 0) is 24.6 Å². The van der Waals surface area contributed by atoms with Crippen molar-refractivity contribution in [2.75, 3.05) is 5.73 Å². The van der Waals surface area contributed by atoms with Gasteiger partial charge in [-0.1, -0.05) is 12.1 Å². The normalized spacial score (nSPS) is 10.5. The van der Waals surface area contributed by atoms with Crippen molar-refractivity contribution in [3.8, 4) is 0 Å². The van der Waals surface area contributed by atoms with E-state index < -0.39 is 0 Å². The molecule has 0 amide bonds. The Morgan fingerprint density at radius 1 is 1.33 bits per heavy atom. The van der Waals surface area contributed by atoms with E-state index in [0.29, 0.717) is 0 Å². The smallest absolute Gasteiger partial charge is 0.0943 e. The number of thioether (sulfide) groups is 1. The Balaban J connectivity index is 2.08. The van der Waals surface area contributed by atoms with E-state index in [-0.39, 0.29) is 0 Å². The third kappa shape index (κ3) is 2.36. The van der Waals surface area contributed by atoms with Gasteiger partial charge < -0.3 is 10.2 Å². The lowest BCUT2D eigenvalue weighted by Crippen LogP contribution is -1.92. The maximum absolute atomic E-state index is 5.98. The van der Waals surface area contributed by atoms with Crippen LogP contribution in [-0.2, 0) is 5.75 Å². The van der Waals surface area contributed by atoms with Crippen LogP contribution >= 0.6 is 11.8 Å². The second kappa shape index (κ2) is 4.45. The molecular formula is C12H13NOS. The quantitative estimate of drug-likeness (QED) is 0.634. The summed E-state index contributed by atoms with van der Waals surface area (Å²) < 4.78 is 5.01. The number of anilines is 1. The summed E-state index contributed by atoms with van der Waals surface area (Å²) in [5.74, 6) is 0.893. The van der Waals surface area contributed by atoms with Crippen LogP contribution in [0, 0.1) is 6.92 Å². The van der Waals surface area contributed by atoms with Gasteiger partial charge in [0.05, 0.1) is 12.5 Å². The van der Waals surface area contributed by atoms with Crippen molar-refractivity contribution in [1.82, 2.24) is 0 Å². The average molecular weight is 219 g/mol. The number of hydrogen-bond acceptors (Lipinski definition) is 3. The first kappa shape index (κ1) is 10.2. The molecule has 2 rings (SSSR count). The molecule has 0 radical (unpaired) electrons. The number of para-hydroxylation sites is 1. The van der Waals surface area contributed by atoms with Crippen LogP contribution in [0.2, 0.25) is 0 Å². The molecule has 0 aliphatic heterocycles. The Kier molecular flexibility index (Phi) is 3.02. The van der Waals surface area contributed by atoms with Crippen LogP contribution in [0.25, 0.3) is 0 Å².